The van der Waals surface area contributed by atoms with Crippen molar-refractivity contribution in [3.63, 3.8) is 0 Å². The maximum absolute atomic E-state index is 5.35. The van der Waals surface area contributed by atoms with Crippen LogP contribution in [-0.2, 0) is 0 Å². The van der Waals surface area contributed by atoms with Crippen LogP contribution in [0.1, 0.15) is 0 Å². The number of aromatic nitrogens is 8. The maximum Gasteiger partial charge on any atom is 0.179 e. The van der Waals surface area contributed by atoms with Crippen molar-refractivity contribution in [2.75, 3.05) is 0 Å². The zero-order valence-corrected chi connectivity index (χ0v) is 36.5. The molecular weight excluding hydrogens is 833 g/mol. The molecule has 13 rings (SSSR count). The van der Waals surface area contributed by atoms with Crippen molar-refractivity contribution in [2.45, 2.75) is 0 Å². The van der Waals surface area contributed by atoms with Crippen molar-refractivity contribution < 1.29 is 0 Å². The molecule has 318 valence electrons. The third-order valence-corrected chi connectivity index (χ3v) is 12.6. The van der Waals surface area contributed by atoms with Gasteiger partial charge in [-0.1, -0.05) is 170 Å². The largest absolute Gasteiger partial charge is 0.294 e. The Kier molecular flexibility index (Phi) is 9.31. The molecule has 8 heteroatoms. The van der Waals surface area contributed by atoms with Gasteiger partial charge in [-0.05, 0) is 60.7 Å². The molecular formula is C60H38N8. The summed E-state index contributed by atoms with van der Waals surface area (Å²) < 4.78 is 4.53. The number of fused-ring (bicyclic) bond motifs is 6. The van der Waals surface area contributed by atoms with E-state index >= 15 is 0 Å². The molecule has 6 aromatic heterocycles. The van der Waals surface area contributed by atoms with Crippen LogP contribution in [0.5, 0.6) is 0 Å². The third kappa shape index (κ3) is 6.78. The van der Waals surface area contributed by atoms with Gasteiger partial charge in [0.15, 0.2) is 11.6 Å². The molecule has 0 saturated carbocycles. The summed E-state index contributed by atoms with van der Waals surface area (Å²) in [7, 11) is 0. The second kappa shape index (κ2) is 16.2. The van der Waals surface area contributed by atoms with E-state index in [4.69, 9.17) is 29.9 Å². The Labute approximate surface area is 391 Å². The predicted octanol–water partition coefficient (Wildman–Crippen LogP) is 14.3. The van der Waals surface area contributed by atoms with E-state index < -0.39 is 0 Å². The standard InChI is InChI=1S/C60H38N8/c1-5-19-39(20-6-1)49-37-50(40-21-7-2-8-22-40)64-59(63-49)47-29-17-33-57(61-47)67-53-31-15-13-27-43(53)45-36-56-46(35-55(45)67)44-28-14-16-32-54(44)68(56)58-34-18-30-48(62-58)60-65-51(41-23-9-3-10-24-41)38-52(66-60)42-25-11-4-12-26-42/h1-38H. The molecule has 0 aliphatic carbocycles. The normalized spacial score (nSPS) is 11.5. The summed E-state index contributed by atoms with van der Waals surface area (Å²) in [5, 5.41) is 4.42. The summed E-state index contributed by atoms with van der Waals surface area (Å²) >= 11 is 0. The molecule has 0 radical (unpaired) electrons. The Hall–Kier alpha value is -9.40. The Morgan fingerprint density at radius 2 is 0.544 bits per heavy atom. The van der Waals surface area contributed by atoms with Gasteiger partial charge in [-0.25, -0.2) is 29.9 Å². The van der Waals surface area contributed by atoms with E-state index in [0.29, 0.717) is 23.0 Å². The highest BCUT2D eigenvalue weighted by molar-refractivity contribution is 6.19. The fourth-order valence-corrected chi connectivity index (χ4v) is 9.42. The molecule has 0 N–H and O–H groups in total. The number of para-hydroxylation sites is 2. The monoisotopic (exact) mass is 870 g/mol. The highest BCUT2D eigenvalue weighted by Crippen LogP contribution is 2.40. The number of hydrogen-bond donors (Lipinski definition) is 0. The van der Waals surface area contributed by atoms with E-state index in [2.05, 4.69) is 143 Å². The molecule has 68 heavy (non-hydrogen) atoms. The lowest BCUT2D eigenvalue weighted by Gasteiger charge is -2.12. The summed E-state index contributed by atoms with van der Waals surface area (Å²) in [4.78, 5) is 31.2. The van der Waals surface area contributed by atoms with Gasteiger partial charge in [-0.3, -0.25) is 9.13 Å². The van der Waals surface area contributed by atoms with Gasteiger partial charge in [0, 0.05) is 43.8 Å². The minimum atomic E-state index is 0.557. The topological polar surface area (TPSA) is 87.2 Å². The fourth-order valence-electron chi connectivity index (χ4n) is 9.42. The minimum absolute atomic E-state index is 0.557. The quantitative estimate of drug-likeness (QED) is 0.151. The van der Waals surface area contributed by atoms with Gasteiger partial charge < -0.3 is 0 Å². The summed E-state index contributed by atoms with van der Waals surface area (Å²) in [6.45, 7) is 0. The Morgan fingerprint density at radius 3 is 0.897 bits per heavy atom. The van der Waals surface area contributed by atoms with Gasteiger partial charge in [0.25, 0.3) is 0 Å². The average molecular weight is 871 g/mol. The molecule has 0 atom stereocenters. The zero-order valence-electron chi connectivity index (χ0n) is 36.5. The molecule has 0 fully saturated rings. The first-order chi connectivity index (χ1) is 33.7. The molecule has 0 bridgehead atoms. The molecule has 0 unspecified atom stereocenters. The van der Waals surface area contributed by atoms with Crippen LogP contribution in [0.4, 0.5) is 0 Å². The Balaban J connectivity index is 0.979. The predicted molar refractivity (Wildman–Crippen MR) is 275 cm³/mol. The number of hydrogen-bond acceptors (Lipinski definition) is 6. The van der Waals surface area contributed by atoms with E-state index in [-0.39, 0.29) is 0 Å². The van der Waals surface area contributed by atoms with Gasteiger partial charge in [0.1, 0.15) is 23.0 Å². The number of pyridine rings is 2. The number of nitrogens with zero attached hydrogens (tertiary/aromatic N) is 8. The van der Waals surface area contributed by atoms with Crippen molar-refractivity contribution >= 4 is 43.6 Å². The zero-order chi connectivity index (χ0) is 45.0. The van der Waals surface area contributed by atoms with Crippen molar-refractivity contribution in [3.8, 4) is 79.7 Å². The first-order valence-corrected chi connectivity index (χ1v) is 22.6. The lowest BCUT2D eigenvalue weighted by Crippen LogP contribution is -2.02. The first-order valence-electron chi connectivity index (χ1n) is 22.6. The molecule has 0 spiro atoms. The van der Waals surface area contributed by atoms with Crippen LogP contribution in [0.25, 0.3) is 123 Å². The minimum Gasteiger partial charge on any atom is -0.294 e. The van der Waals surface area contributed by atoms with Crippen LogP contribution < -0.4 is 0 Å². The SMILES string of the molecule is c1ccc(-c2cc(-c3ccccc3)nc(-c3cccc(-n4c5ccccc5c5cc6c(cc54)c4ccccc4n6-c4cccc(-c5nc(-c6ccccc6)cc(-c6ccccc6)n5)n4)n3)n2)cc1. The second-order valence-electron chi connectivity index (χ2n) is 16.7. The smallest absolute Gasteiger partial charge is 0.179 e. The molecule has 0 aliphatic rings. The average Bonchev–Trinajstić information content (AvgIpc) is 3.93. The maximum atomic E-state index is 5.35. The lowest BCUT2D eigenvalue weighted by molar-refractivity contribution is 1.06. The molecule has 0 aliphatic heterocycles. The molecule has 0 amide bonds. The van der Waals surface area contributed by atoms with Crippen LogP contribution in [0.3, 0.4) is 0 Å². The highest BCUT2D eigenvalue weighted by Gasteiger charge is 2.21. The lowest BCUT2D eigenvalue weighted by atomic mass is 10.1. The summed E-state index contributed by atoms with van der Waals surface area (Å²) in [6, 6.07) is 79.0. The first kappa shape index (κ1) is 39.0. The van der Waals surface area contributed by atoms with E-state index in [1.165, 1.54) is 0 Å². The van der Waals surface area contributed by atoms with Gasteiger partial charge in [-0.15, -0.1) is 0 Å². The molecule has 13 aromatic rings. The van der Waals surface area contributed by atoms with Crippen LogP contribution in [0.15, 0.2) is 231 Å². The summed E-state index contributed by atoms with van der Waals surface area (Å²) in [5.41, 5.74) is 12.9. The number of rotatable bonds is 8. The van der Waals surface area contributed by atoms with Crippen molar-refractivity contribution in [2.24, 2.45) is 0 Å². The van der Waals surface area contributed by atoms with E-state index in [1.807, 2.05) is 97.1 Å². The highest BCUT2D eigenvalue weighted by atomic mass is 15.1. The molecule has 7 aromatic carbocycles. The van der Waals surface area contributed by atoms with E-state index in [9.17, 15) is 0 Å². The van der Waals surface area contributed by atoms with Crippen LogP contribution >= 0.6 is 0 Å². The van der Waals surface area contributed by atoms with E-state index in [1.54, 1.807) is 0 Å². The third-order valence-electron chi connectivity index (χ3n) is 12.6. The van der Waals surface area contributed by atoms with Crippen molar-refractivity contribution in [1.29, 1.82) is 0 Å². The van der Waals surface area contributed by atoms with Crippen LogP contribution in [0.2, 0.25) is 0 Å². The number of benzene rings is 7. The summed E-state index contributed by atoms with van der Waals surface area (Å²) in [6.07, 6.45) is 0. The molecule has 8 nitrogen and oxygen atoms in total. The van der Waals surface area contributed by atoms with E-state index in [0.717, 1.165) is 100 Å². The molecule has 0 saturated heterocycles. The van der Waals surface area contributed by atoms with Gasteiger partial charge in [0.2, 0.25) is 0 Å². The van der Waals surface area contributed by atoms with Crippen molar-refractivity contribution in [3.05, 3.63) is 231 Å². The van der Waals surface area contributed by atoms with Gasteiger partial charge in [-0.2, -0.15) is 0 Å². The van der Waals surface area contributed by atoms with Crippen molar-refractivity contribution in [1.82, 2.24) is 39.0 Å². The Morgan fingerprint density at radius 1 is 0.221 bits per heavy atom. The molecule has 6 heterocycles. The van der Waals surface area contributed by atoms with Gasteiger partial charge in [0.05, 0.1) is 44.8 Å². The van der Waals surface area contributed by atoms with Gasteiger partial charge >= 0.3 is 0 Å². The fraction of sp³-hybridized carbons (Fsp3) is 0. The van der Waals surface area contributed by atoms with Crippen LogP contribution in [-0.4, -0.2) is 39.0 Å². The second-order valence-corrected chi connectivity index (χ2v) is 16.7. The summed E-state index contributed by atoms with van der Waals surface area (Å²) in [5.74, 6) is 2.66. The Bertz CT molecular complexity index is 3640. The van der Waals surface area contributed by atoms with Crippen LogP contribution in [0, 0.1) is 0 Å².